The van der Waals surface area contributed by atoms with Crippen LogP contribution in [0.1, 0.15) is 29.3 Å². The largest absolute Gasteiger partial charge is 0.393 e. The van der Waals surface area contributed by atoms with Crippen LogP contribution in [-0.4, -0.2) is 28.9 Å². The number of hydrogen-bond acceptors (Lipinski definition) is 2. The molecule has 1 aromatic rings. The summed E-state index contributed by atoms with van der Waals surface area (Å²) in [6, 6.07) is 5.63. The second kappa shape index (κ2) is 6.29. The summed E-state index contributed by atoms with van der Waals surface area (Å²) >= 11 is 8.32. The molecule has 0 heterocycles. The molecule has 1 amide bonds. The minimum absolute atomic E-state index is 0.0117. The van der Waals surface area contributed by atoms with Crippen molar-refractivity contribution < 1.29 is 4.79 Å². The second-order valence-electron chi connectivity index (χ2n) is 4.37. The van der Waals surface area contributed by atoms with Crippen LogP contribution in [0, 0.1) is 6.92 Å². The Hall–Kier alpha value is -0.940. The van der Waals surface area contributed by atoms with Crippen molar-refractivity contribution in [2.45, 2.75) is 26.3 Å². The van der Waals surface area contributed by atoms with Gasteiger partial charge in [-0.3, -0.25) is 4.79 Å². The molecule has 98 valence electrons. The maximum Gasteiger partial charge on any atom is 0.255 e. The zero-order valence-corrected chi connectivity index (χ0v) is 13.1. The Morgan fingerprint density at radius 1 is 1.56 bits per heavy atom. The lowest BCUT2D eigenvalue weighted by Gasteiger charge is -2.25. The molecule has 0 aromatic heterocycles. The number of rotatable bonds is 4. The van der Waals surface area contributed by atoms with Gasteiger partial charge in [-0.1, -0.05) is 24.4 Å². The number of hydrogen-bond donors (Lipinski definition) is 1. The molecule has 0 aliphatic heterocycles. The molecule has 1 atom stereocenters. The average Bonchev–Trinajstić information content (AvgIpc) is 2.30. The van der Waals surface area contributed by atoms with Gasteiger partial charge >= 0.3 is 0 Å². The van der Waals surface area contributed by atoms with Crippen molar-refractivity contribution in [2.24, 2.45) is 5.73 Å². The van der Waals surface area contributed by atoms with Gasteiger partial charge in [0.1, 0.15) is 0 Å². The van der Waals surface area contributed by atoms with E-state index in [0.29, 0.717) is 17.0 Å². The van der Waals surface area contributed by atoms with E-state index >= 15 is 0 Å². The summed E-state index contributed by atoms with van der Waals surface area (Å²) in [7, 11) is 1.76. The summed E-state index contributed by atoms with van der Waals surface area (Å²) in [5.74, 6) is -0.0330. The van der Waals surface area contributed by atoms with Gasteiger partial charge in [0.05, 0.1) is 10.6 Å². The van der Waals surface area contributed by atoms with Gasteiger partial charge in [0, 0.05) is 24.0 Å². The molecule has 5 heteroatoms. The molecule has 1 rings (SSSR count). The van der Waals surface area contributed by atoms with Crippen molar-refractivity contribution in [3.63, 3.8) is 0 Å². The molecule has 0 bridgehead atoms. The van der Waals surface area contributed by atoms with E-state index in [1.807, 2.05) is 32.0 Å². The number of nitrogens with two attached hydrogens (primary N) is 1. The zero-order chi connectivity index (χ0) is 13.9. The normalized spacial score (nSPS) is 12.0. The summed E-state index contributed by atoms with van der Waals surface area (Å²) in [4.78, 5) is 14.4. The third-order valence-electron chi connectivity index (χ3n) is 2.90. The first-order valence-electron chi connectivity index (χ1n) is 5.65. The topological polar surface area (TPSA) is 46.3 Å². The number of halogens is 1. The van der Waals surface area contributed by atoms with E-state index in [1.165, 1.54) is 0 Å². The Balaban J connectivity index is 2.93. The minimum Gasteiger partial charge on any atom is -0.393 e. The van der Waals surface area contributed by atoms with Gasteiger partial charge in [0.2, 0.25) is 0 Å². The number of amides is 1. The van der Waals surface area contributed by atoms with Gasteiger partial charge in [-0.25, -0.2) is 0 Å². The molecule has 0 spiro atoms. The van der Waals surface area contributed by atoms with Crippen LogP contribution in [0.15, 0.2) is 22.7 Å². The van der Waals surface area contributed by atoms with Crippen molar-refractivity contribution >= 4 is 39.0 Å². The van der Waals surface area contributed by atoms with Crippen molar-refractivity contribution in [2.75, 3.05) is 7.05 Å². The van der Waals surface area contributed by atoms with E-state index < -0.39 is 0 Å². The number of nitrogens with zero attached hydrogens (tertiary/aromatic N) is 1. The molecule has 0 fully saturated rings. The van der Waals surface area contributed by atoms with Crippen molar-refractivity contribution in [1.29, 1.82) is 0 Å². The lowest BCUT2D eigenvalue weighted by Crippen LogP contribution is -2.37. The molecule has 1 unspecified atom stereocenters. The first-order chi connectivity index (χ1) is 8.34. The van der Waals surface area contributed by atoms with Gasteiger partial charge < -0.3 is 10.6 Å². The SMILES string of the molecule is Cc1cccc(C(=O)N(C)C(C)CC(N)=S)c1Br. The molecule has 0 aliphatic carbocycles. The smallest absolute Gasteiger partial charge is 0.255 e. The van der Waals surface area contributed by atoms with Gasteiger partial charge in [-0.15, -0.1) is 0 Å². The summed E-state index contributed by atoms with van der Waals surface area (Å²) in [5, 5.41) is 0. The molecule has 0 saturated heterocycles. The zero-order valence-electron chi connectivity index (χ0n) is 10.7. The average molecular weight is 329 g/mol. The first kappa shape index (κ1) is 15.1. The van der Waals surface area contributed by atoms with Crippen LogP contribution in [0.25, 0.3) is 0 Å². The van der Waals surface area contributed by atoms with E-state index in [4.69, 9.17) is 18.0 Å². The predicted octanol–water partition coefficient (Wildman–Crippen LogP) is 2.89. The van der Waals surface area contributed by atoms with Crippen molar-refractivity contribution in [1.82, 2.24) is 4.90 Å². The maximum atomic E-state index is 12.4. The number of aryl methyl sites for hydroxylation is 1. The van der Waals surface area contributed by atoms with Crippen molar-refractivity contribution in [3.8, 4) is 0 Å². The van der Waals surface area contributed by atoms with E-state index in [1.54, 1.807) is 11.9 Å². The van der Waals surface area contributed by atoms with Gasteiger partial charge in [0.25, 0.3) is 5.91 Å². The fraction of sp³-hybridized carbons (Fsp3) is 0.385. The predicted molar refractivity (Wildman–Crippen MR) is 81.8 cm³/mol. The van der Waals surface area contributed by atoms with Crippen LogP contribution >= 0.6 is 28.1 Å². The monoisotopic (exact) mass is 328 g/mol. The number of carbonyl (C=O) groups excluding carboxylic acids is 1. The molecule has 0 radical (unpaired) electrons. The quantitative estimate of drug-likeness (QED) is 0.864. The molecule has 1 aromatic carbocycles. The van der Waals surface area contributed by atoms with Crippen LogP contribution in [0.5, 0.6) is 0 Å². The fourth-order valence-electron chi connectivity index (χ4n) is 1.63. The summed E-state index contributed by atoms with van der Waals surface area (Å²) < 4.78 is 0.837. The summed E-state index contributed by atoms with van der Waals surface area (Å²) in [5.41, 5.74) is 7.21. The van der Waals surface area contributed by atoms with E-state index in [2.05, 4.69) is 15.9 Å². The van der Waals surface area contributed by atoms with Crippen LogP contribution in [0.3, 0.4) is 0 Å². The Labute approximate surface area is 121 Å². The third kappa shape index (κ3) is 3.53. The lowest BCUT2D eigenvalue weighted by molar-refractivity contribution is 0.0747. The van der Waals surface area contributed by atoms with Gasteiger partial charge in [-0.2, -0.15) is 0 Å². The molecule has 0 aliphatic rings. The molecular weight excluding hydrogens is 312 g/mol. The molecule has 2 N–H and O–H groups in total. The van der Waals surface area contributed by atoms with E-state index in [-0.39, 0.29) is 11.9 Å². The van der Waals surface area contributed by atoms with Crippen LogP contribution in [0.2, 0.25) is 0 Å². The number of benzene rings is 1. The van der Waals surface area contributed by atoms with Gasteiger partial charge in [-0.05, 0) is 41.4 Å². The Kier molecular flexibility index (Phi) is 5.28. The van der Waals surface area contributed by atoms with Crippen molar-refractivity contribution in [3.05, 3.63) is 33.8 Å². The van der Waals surface area contributed by atoms with Crippen LogP contribution in [-0.2, 0) is 0 Å². The highest BCUT2D eigenvalue weighted by molar-refractivity contribution is 9.10. The Bertz CT molecular complexity index is 476. The fourth-order valence-corrected chi connectivity index (χ4v) is 2.31. The lowest BCUT2D eigenvalue weighted by atomic mass is 10.1. The van der Waals surface area contributed by atoms with Crippen LogP contribution < -0.4 is 5.73 Å². The second-order valence-corrected chi connectivity index (χ2v) is 5.69. The highest BCUT2D eigenvalue weighted by Crippen LogP contribution is 2.23. The first-order valence-corrected chi connectivity index (χ1v) is 6.85. The summed E-state index contributed by atoms with van der Waals surface area (Å²) in [6.45, 7) is 3.89. The van der Waals surface area contributed by atoms with E-state index in [9.17, 15) is 4.79 Å². The highest BCUT2D eigenvalue weighted by atomic mass is 79.9. The molecular formula is C13H17BrN2OS. The standard InChI is InChI=1S/C13H17BrN2OS/c1-8-5-4-6-10(12(8)14)13(17)16(3)9(2)7-11(15)18/h4-6,9H,7H2,1-3H3,(H2,15,18). The van der Waals surface area contributed by atoms with Crippen LogP contribution in [0.4, 0.5) is 0 Å². The minimum atomic E-state index is -0.0330. The highest BCUT2D eigenvalue weighted by Gasteiger charge is 2.20. The van der Waals surface area contributed by atoms with Gasteiger partial charge in [0.15, 0.2) is 0 Å². The number of thiocarbonyl (C=S) groups is 1. The summed E-state index contributed by atoms with van der Waals surface area (Å²) in [6.07, 6.45) is 0.529. The third-order valence-corrected chi connectivity index (χ3v) is 4.12. The molecule has 18 heavy (non-hydrogen) atoms. The van der Waals surface area contributed by atoms with E-state index in [0.717, 1.165) is 10.0 Å². The molecule has 0 saturated carbocycles. The maximum absolute atomic E-state index is 12.4. The molecule has 3 nitrogen and oxygen atoms in total. The number of carbonyl (C=O) groups is 1. The Morgan fingerprint density at radius 2 is 2.17 bits per heavy atom. The Morgan fingerprint density at radius 3 is 2.72 bits per heavy atom.